The van der Waals surface area contributed by atoms with E-state index in [1.807, 2.05) is 21.8 Å². The van der Waals surface area contributed by atoms with Gasteiger partial charge in [-0.1, -0.05) is 13.8 Å². The van der Waals surface area contributed by atoms with Gasteiger partial charge >= 0.3 is 6.03 Å². The summed E-state index contributed by atoms with van der Waals surface area (Å²) in [6, 6.07) is 1.91. The highest BCUT2D eigenvalue weighted by atomic mass is 16.3. The van der Waals surface area contributed by atoms with Gasteiger partial charge in [0.15, 0.2) is 0 Å². The summed E-state index contributed by atoms with van der Waals surface area (Å²) >= 11 is 0. The second-order valence-corrected chi connectivity index (χ2v) is 6.52. The van der Waals surface area contributed by atoms with Crippen molar-refractivity contribution in [2.75, 3.05) is 26.2 Å². The minimum atomic E-state index is 0.00922. The molecular formula is C16H28N4O2. The van der Waals surface area contributed by atoms with E-state index >= 15 is 0 Å². The molecular weight excluding hydrogens is 280 g/mol. The van der Waals surface area contributed by atoms with E-state index < -0.39 is 0 Å². The topological polar surface area (TPSA) is 70.4 Å². The Morgan fingerprint density at radius 2 is 2.18 bits per heavy atom. The molecule has 1 fully saturated rings. The van der Waals surface area contributed by atoms with Crippen LogP contribution in [-0.4, -0.2) is 52.1 Å². The standard InChI is InChI=1S/C16H28N4O2/c1-3-16(13-21)5-9-19(10-6-16)15(22)17-11-14(2)12-20-8-4-7-18-20/h4,7-8,14,21H,3,5-6,9-13H2,1-2H3,(H,17,22). The number of carbonyl (C=O) groups is 1. The number of likely N-dealkylation sites (tertiary alicyclic amines) is 1. The molecule has 22 heavy (non-hydrogen) atoms. The number of piperidine rings is 1. The van der Waals surface area contributed by atoms with E-state index in [2.05, 4.69) is 24.3 Å². The van der Waals surface area contributed by atoms with E-state index in [1.165, 1.54) is 0 Å². The van der Waals surface area contributed by atoms with Gasteiger partial charge in [0.2, 0.25) is 0 Å². The Morgan fingerprint density at radius 3 is 2.73 bits per heavy atom. The molecule has 6 nitrogen and oxygen atoms in total. The maximum absolute atomic E-state index is 12.2. The number of carbonyl (C=O) groups excluding carboxylic acids is 1. The van der Waals surface area contributed by atoms with Crippen LogP contribution in [0.25, 0.3) is 0 Å². The lowest BCUT2D eigenvalue weighted by Gasteiger charge is -2.40. The van der Waals surface area contributed by atoms with Crippen LogP contribution in [0, 0.1) is 11.3 Å². The van der Waals surface area contributed by atoms with E-state index in [1.54, 1.807) is 6.20 Å². The Hall–Kier alpha value is -1.56. The average Bonchev–Trinajstić information content (AvgIpc) is 3.05. The van der Waals surface area contributed by atoms with Crippen LogP contribution in [0.2, 0.25) is 0 Å². The van der Waals surface area contributed by atoms with Gasteiger partial charge < -0.3 is 15.3 Å². The highest BCUT2D eigenvalue weighted by molar-refractivity contribution is 5.74. The first kappa shape index (κ1) is 16.8. The van der Waals surface area contributed by atoms with Gasteiger partial charge in [-0.2, -0.15) is 5.10 Å². The zero-order chi connectivity index (χ0) is 16.0. The Kier molecular flexibility index (Phi) is 5.83. The number of nitrogens with one attached hydrogen (secondary N) is 1. The summed E-state index contributed by atoms with van der Waals surface area (Å²) in [5.41, 5.74) is 0.0180. The molecule has 0 spiro atoms. The third-order valence-corrected chi connectivity index (χ3v) is 4.86. The molecule has 1 aliphatic rings. The first-order chi connectivity index (χ1) is 10.6. The third kappa shape index (κ3) is 4.22. The largest absolute Gasteiger partial charge is 0.396 e. The van der Waals surface area contributed by atoms with Crippen LogP contribution in [0.15, 0.2) is 18.5 Å². The van der Waals surface area contributed by atoms with Crippen molar-refractivity contribution in [2.45, 2.75) is 39.7 Å². The third-order valence-electron chi connectivity index (χ3n) is 4.86. The number of hydrogen-bond donors (Lipinski definition) is 2. The number of nitrogens with zero attached hydrogens (tertiary/aromatic N) is 3. The minimum absolute atomic E-state index is 0.00922. The molecule has 1 aromatic heterocycles. The monoisotopic (exact) mass is 308 g/mol. The molecule has 2 amide bonds. The fourth-order valence-electron chi connectivity index (χ4n) is 2.97. The Balaban J connectivity index is 1.72. The van der Waals surface area contributed by atoms with Crippen LogP contribution in [0.3, 0.4) is 0 Å². The number of hydrogen-bond acceptors (Lipinski definition) is 3. The van der Waals surface area contributed by atoms with Gasteiger partial charge in [-0.15, -0.1) is 0 Å². The lowest BCUT2D eigenvalue weighted by Crippen LogP contribution is -2.49. The maximum atomic E-state index is 12.2. The number of amides is 2. The summed E-state index contributed by atoms with van der Waals surface area (Å²) in [5, 5.41) is 16.7. The normalized spacial score (nSPS) is 19.0. The van der Waals surface area contributed by atoms with Gasteiger partial charge in [0, 0.05) is 45.2 Å². The van der Waals surface area contributed by atoms with Crippen LogP contribution < -0.4 is 5.32 Å². The SMILES string of the molecule is CCC1(CO)CCN(C(=O)NCC(C)Cn2cccn2)CC1. The quantitative estimate of drug-likeness (QED) is 0.840. The van der Waals surface area contributed by atoms with Gasteiger partial charge in [-0.05, 0) is 36.7 Å². The summed E-state index contributed by atoms with van der Waals surface area (Å²) in [7, 11) is 0. The summed E-state index contributed by atoms with van der Waals surface area (Å²) in [5.74, 6) is 0.334. The molecule has 1 saturated heterocycles. The number of aliphatic hydroxyl groups excluding tert-OH is 1. The number of aliphatic hydroxyl groups is 1. The minimum Gasteiger partial charge on any atom is -0.396 e. The predicted octanol–water partition coefficient (Wildman–Crippen LogP) is 1.71. The molecule has 2 N–H and O–H groups in total. The van der Waals surface area contributed by atoms with Crippen molar-refractivity contribution >= 4 is 6.03 Å². The molecule has 0 saturated carbocycles. The highest BCUT2D eigenvalue weighted by Crippen LogP contribution is 2.34. The molecule has 1 aromatic rings. The summed E-state index contributed by atoms with van der Waals surface area (Å²) in [6.07, 6.45) is 6.44. The number of aromatic nitrogens is 2. The van der Waals surface area contributed by atoms with Gasteiger partial charge in [-0.3, -0.25) is 4.68 Å². The smallest absolute Gasteiger partial charge is 0.317 e. The first-order valence-electron chi connectivity index (χ1n) is 8.19. The van der Waals surface area contributed by atoms with E-state index in [0.717, 1.165) is 38.9 Å². The van der Waals surface area contributed by atoms with Crippen LogP contribution >= 0.6 is 0 Å². The second-order valence-electron chi connectivity index (χ2n) is 6.52. The molecule has 0 bridgehead atoms. The molecule has 0 aromatic carbocycles. The number of urea groups is 1. The molecule has 2 rings (SSSR count). The molecule has 0 radical (unpaired) electrons. The van der Waals surface area contributed by atoms with E-state index in [0.29, 0.717) is 12.5 Å². The van der Waals surface area contributed by atoms with Crippen LogP contribution in [-0.2, 0) is 6.54 Å². The molecule has 1 aliphatic heterocycles. The van der Waals surface area contributed by atoms with E-state index in [4.69, 9.17) is 0 Å². The zero-order valence-electron chi connectivity index (χ0n) is 13.7. The Bertz CT molecular complexity index is 447. The lowest BCUT2D eigenvalue weighted by atomic mass is 9.77. The molecule has 1 unspecified atom stereocenters. The van der Waals surface area contributed by atoms with Gasteiger partial charge in [0.05, 0.1) is 0 Å². The molecule has 6 heteroatoms. The molecule has 1 atom stereocenters. The highest BCUT2D eigenvalue weighted by Gasteiger charge is 2.33. The molecule has 0 aliphatic carbocycles. The van der Waals surface area contributed by atoms with Crippen molar-refractivity contribution in [3.05, 3.63) is 18.5 Å². The van der Waals surface area contributed by atoms with Crippen molar-refractivity contribution in [3.63, 3.8) is 0 Å². The van der Waals surface area contributed by atoms with Gasteiger partial charge in [-0.25, -0.2) is 4.79 Å². The van der Waals surface area contributed by atoms with Crippen LogP contribution in [0.5, 0.6) is 0 Å². The summed E-state index contributed by atoms with van der Waals surface area (Å²) in [6.45, 7) is 7.35. The van der Waals surface area contributed by atoms with E-state index in [9.17, 15) is 9.90 Å². The predicted molar refractivity (Wildman–Crippen MR) is 85.4 cm³/mol. The van der Waals surface area contributed by atoms with Crippen molar-refractivity contribution < 1.29 is 9.90 Å². The van der Waals surface area contributed by atoms with Crippen molar-refractivity contribution in [3.8, 4) is 0 Å². The number of rotatable bonds is 6. The Labute approximate surface area is 132 Å². The molecule has 124 valence electrons. The lowest BCUT2D eigenvalue weighted by molar-refractivity contribution is 0.0518. The fourth-order valence-corrected chi connectivity index (χ4v) is 2.97. The summed E-state index contributed by atoms with van der Waals surface area (Å²) < 4.78 is 1.88. The first-order valence-corrected chi connectivity index (χ1v) is 8.19. The average molecular weight is 308 g/mol. The second kappa shape index (κ2) is 7.63. The van der Waals surface area contributed by atoms with Gasteiger partial charge in [0.25, 0.3) is 0 Å². The van der Waals surface area contributed by atoms with Crippen molar-refractivity contribution in [2.24, 2.45) is 11.3 Å². The van der Waals surface area contributed by atoms with Crippen molar-refractivity contribution in [1.29, 1.82) is 0 Å². The van der Waals surface area contributed by atoms with Gasteiger partial charge in [0.1, 0.15) is 0 Å². The maximum Gasteiger partial charge on any atom is 0.317 e. The van der Waals surface area contributed by atoms with Crippen LogP contribution in [0.4, 0.5) is 4.79 Å². The summed E-state index contributed by atoms with van der Waals surface area (Å²) in [4.78, 5) is 14.1. The van der Waals surface area contributed by atoms with E-state index in [-0.39, 0.29) is 18.1 Å². The fraction of sp³-hybridized carbons (Fsp3) is 0.750. The zero-order valence-corrected chi connectivity index (χ0v) is 13.7. The molecule has 2 heterocycles. The van der Waals surface area contributed by atoms with Crippen LogP contribution in [0.1, 0.15) is 33.1 Å². The Morgan fingerprint density at radius 1 is 1.45 bits per heavy atom. The van der Waals surface area contributed by atoms with Crippen molar-refractivity contribution in [1.82, 2.24) is 20.0 Å².